The quantitative estimate of drug-likeness (QED) is 0.667. The highest BCUT2D eigenvalue weighted by atomic mass is 16.5. The van der Waals surface area contributed by atoms with Crippen LogP contribution in [0.25, 0.3) is 11.4 Å². The molecule has 1 aromatic carbocycles. The Morgan fingerprint density at radius 1 is 1.37 bits per heavy atom. The number of nitrogens with one attached hydrogen (secondary N) is 1. The lowest BCUT2D eigenvalue weighted by molar-refractivity contribution is 0.184. The van der Waals surface area contributed by atoms with E-state index in [2.05, 4.69) is 15.1 Å². The molecule has 9 nitrogen and oxygen atoms in total. The van der Waals surface area contributed by atoms with Crippen LogP contribution in [0.1, 0.15) is 29.5 Å². The van der Waals surface area contributed by atoms with E-state index in [1.54, 1.807) is 24.8 Å². The summed E-state index contributed by atoms with van der Waals surface area (Å²) < 4.78 is 18.5. The summed E-state index contributed by atoms with van der Waals surface area (Å²) in [6.07, 6.45) is 0.802. The first kappa shape index (κ1) is 19.7. The van der Waals surface area contributed by atoms with Crippen molar-refractivity contribution in [2.24, 2.45) is 0 Å². The number of nitriles is 1. The van der Waals surface area contributed by atoms with Crippen LogP contribution < -0.4 is 15.0 Å². The SMILES string of the molecule is COc1ccccc1OCc1nc(-c2cc(C#N)c(=O)[nH]c2C)n(C2CCOC2)n1. The maximum atomic E-state index is 11.9. The Kier molecular flexibility index (Phi) is 5.50. The molecule has 1 fully saturated rings. The number of aromatic amines is 1. The Balaban J connectivity index is 1.71. The molecule has 1 N–H and O–H groups in total. The number of benzene rings is 1. The van der Waals surface area contributed by atoms with Gasteiger partial charge in [-0.2, -0.15) is 10.4 Å². The fourth-order valence-electron chi connectivity index (χ4n) is 3.40. The number of hydrogen-bond donors (Lipinski definition) is 1. The summed E-state index contributed by atoms with van der Waals surface area (Å²) in [6.45, 7) is 3.08. The van der Waals surface area contributed by atoms with Crippen LogP contribution in [0.4, 0.5) is 0 Å². The Hall–Kier alpha value is -3.64. The third-order valence-electron chi connectivity index (χ3n) is 4.95. The zero-order chi connectivity index (χ0) is 21.1. The van der Waals surface area contributed by atoms with Crippen molar-refractivity contribution in [2.75, 3.05) is 20.3 Å². The molecule has 9 heteroatoms. The molecule has 0 spiro atoms. The van der Waals surface area contributed by atoms with E-state index in [1.165, 1.54) is 0 Å². The number of aromatic nitrogens is 4. The van der Waals surface area contributed by atoms with Crippen molar-refractivity contribution in [2.45, 2.75) is 26.0 Å². The van der Waals surface area contributed by atoms with Crippen molar-refractivity contribution in [3.8, 4) is 29.0 Å². The predicted molar refractivity (Wildman–Crippen MR) is 107 cm³/mol. The first-order chi connectivity index (χ1) is 14.6. The molecule has 0 aliphatic carbocycles. The number of H-pyrrole nitrogens is 1. The van der Waals surface area contributed by atoms with Crippen LogP contribution in [-0.4, -0.2) is 40.1 Å². The lowest BCUT2D eigenvalue weighted by Gasteiger charge is -2.12. The molecule has 0 radical (unpaired) electrons. The van der Waals surface area contributed by atoms with Crippen LogP contribution >= 0.6 is 0 Å². The van der Waals surface area contributed by atoms with Crippen LogP contribution in [0.2, 0.25) is 0 Å². The number of pyridine rings is 1. The first-order valence-corrected chi connectivity index (χ1v) is 9.54. The van der Waals surface area contributed by atoms with Gasteiger partial charge in [-0.25, -0.2) is 9.67 Å². The van der Waals surface area contributed by atoms with Crippen LogP contribution in [0.5, 0.6) is 11.5 Å². The van der Waals surface area contributed by atoms with Gasteiger partial charge < -0.3 is 19.2 Å². The lowest BCUT2D eigenvalue weighted by Crippen LogP contribution is -2.16. The number of hydrogen-bond acceptors (Lipinski definition) is 7. The molecule has 1 aliphatic heterocycles. The maximum Gasteiger partial charge on any atom is 0.266 e. The topological polar surface area (TPSA) is 115 Å². The van der Waals surface area contributed by atoms with Crippen LogP contribution in [-0.2, 0) is 11.3 Å². The molecule has 4 rings (SSSR count). The summed E-state index contributed by atoms with van der Waals surface area (Å²) in [5, 5.41) is 13.9. The van der Waals surface area contributed by atoms with E-state index in [4.69, 9.17) is 14.2 Å². The van der Waals surface area contributed by atoms with Crippen molar-refractivity contribution >= 4 is 0 Å². The Morgan fingerprint density at radius 3 is 2.87 bits per heavy atom. The molecule has 1 atom stereocenters. The minimum absolute atomic E-state index is 0.0179. The highest BCUT2D eigenvalue weighted by Crippen LogP contribution is 2.29. The third kappa shape index (κ3) is 3.77. The molecule has 3 heterocycles. The minimum Gasteiger partial charge on any atom is -0.493 e. The highest BCUT2D eigenvalue weighted by molar-refractivity contribution is 5.60. The summed E-state index contributed by atoms with van der Waals surface area (Å²) in [6, 6.07) is 10.8. The Labute approximate surface area is 172 Å². The average Bonchev–Trinajstić information content (AvgIpc) is 3.42. The van der Waals surface area contributed by atoms with Crippen LogP contribution in [0, 0.1) is 18.3 Å². The van der Waals surface area contributed by atoms with Crippen molar-refractivity contribution in [3.63, 3.8) is 0 Å². The smallest absolute Gasteiger partial charge is 0.266 e. The third-order valence-corrected chi connectivity index (χ3v) is 4.95. The number of ether oxygens (including phenoxy) is 3. The number of para-hydroxylation sites is 2. The van der Waals surface area contributed by atoms with Crippen LogP contribution in [0.15, 0.2) is 35.1 Å². The summed E-state index contributed by atoms with van der Waals surface area (Å²) in [7, 11) is 1.58. The Morgan fingerprint density at radius 2 is 2.17 bits per heavy atom. The fraction of sp³-hybridized carbons (Fsp3) is 0.333. The van der Waals surface area contributed by atoms with Gasteiger partial charge in [-0.05, 0) is 31.5 Å². The molecular formula is C21H21N5O4. The second-order valence-electron chi connectivity index (χ2n) is 6.92. The average molecular weight is 407 g/mol. The van der Waals surface area contributed by atoms with E-state index in [0.29, 0.717) is 47.6 Å². The molecule has 1 unspecified atom stereocenters. The summed E-state index contributed by atoms with van der Waals surface area (Å²) in [5.41, 5.74) is 0.867. The zero-order valence-electron chi connectivity index (χ0n) is 16.7. The molecule has 3 aromatic rings. The molecule has 1 aliphatic rings. The van der Waals surface area contributed by atoms with Crippen LogP contribution in [0.3, 0.4) is 0 Å². The Bertz CT molecular complexity index is 1150. The molecule has 1 saturated heterocycles. The maximum absolute atomic E-state index is 11.9. The largest absolute Gasteiger partial charge is 0.493 e. The van der Waals surface area contributed by atoms with Crippen molar-refractivity contribution < 1.29 is 14.2 Å². The normalized spacial score (nSPS) is 15.7. The molecular weight excluding hydrogens is 386 g/mol. The van der Waals surface area contributed by atoms with Gasteiger partial charge in [-0.3, -0.25) is 4.79 Å². The van der Waals surface area contributed by atoms with Gasteiger partial charge in [0.25, 0.3) is 5.56 Å². The molecule has 154 valence electrons. The molecule has 2 aromatic heterocycles. The highest BCUT2D eigenvalue weighted by Gasteiger charge is 2.25. The van der Waals surface area contributed by atoms with Gasteiger partial charge in [0.2, 0.25) is 0 Å². The van der Waals surface area contributed by atoms with Gasteiger partial charge in [0.15, 0.2) is 23.1 Å². The number of nitrogens with zero attached hydrogens (tertiary/aromatic N) is 4. The number of methoxy groups -OCH3 is 1. The van der Waals surface area contributed by atoms with Gasteiger partial charge in [-0.15, -0.1) is 0 Å². The van der Waals surface area contributed by atoms with Crippen molar-refractivity contribution in [3.05, 3.63) is 57.8 Å². The van der Waals surface area contributed by atoms with Gasteiger partial charge >= 0.3 is 0 Å². The molecule has 0 bridgehead atoms. The fourth-order valence-corrected chi connectivity index (χ4v) is 3.40. The second-order valence-corrected chi connectivity index (χ2v) is 6.92. The monoisotopic (exact) mass is 407 g/mol. The van der Waals surface area contributed by atoms with Gasteiger partial charge in [0, 0.05) is 17.9 Å². The number of aryl methyl sites for hydroxylation is 1. The van der Waals surface area contributed by atoms with Gasteiger partial charge in [-0.1, -0.05) is 12.1 Å². The van der Waals surface area contributed by atoms with Crippen molar-refractivity contribution in [1.82, 2.24) is 19.7 Å². The van der Waals surface area contributed by atoms with E-state index >= 15 is 0 Å². The number of rotatable bonds is 6. The summed E-state index contributed by atoms with van der Waals surface area (Å²) >= 11 is 0. The molecule has 0 amide bonds. The van der Waals surface area contributed by atoms with E-state index in [0.717, 1.165) is 6.42 Å². The zero-order valence-corrected chi connectivity index (χ0v) is 16.7. The summed E-state index contributed by atoms with van der Waals surface area (Å²) in [4.78, 5) is 19.3. The minimum atomic E-state index is -0.422. The van der Waals surface area contributed by atoms with Gasteiger partial charge in [0.1, 0.15) is 18.2 Å². The molecule has 0 saturated carbocycles. The van der Waals surface area contributed by atoms with Gasteiger partial charge in [0.05, 0.1) is 19.8 Å². The first-order valence-electron chi connectivity index (χ1n) is 9.54. The van der Waals surface area contributed by atoms with E-state index < -0.39 is 5.56 Å². The standard InChI is InChI=1S/C21H21N5O4/c1-13-16(9-14(10-22)21(27)23-13)20-24-19(25-26(20)15-7-8-29-11-15)12-30-18-6-4-3-5-17(18)28-2/h3-6,9,15H,7-8,11-12H2,1-2H3,(H,23,27). The summed E-state index contributed by atoms with van der Waals surface area (Å²) in [5.74, 6) is 2.26. The predicted octanol–water partition coefficient (Wildman–Crippen LogP) is 2.36. The van der Waals surface area contributed by atoms with E-state index in [-0.39, 0.29) is 18.2 Å². The van der Waals surface area contributed by atoms with E-state index in [1.807, 2.05) is 30.3 Å². The lowest BCUT2D eigenvalue weighted by atomic mass is 10.1. The van der Waals surface area contributed by atoms with Crippen molar-refractivity contribution in [1.29, 1.82) is 5.26 Å². The molecule has 30 heavy (non-hydrogen) atoms. The van der Waals surface area contributed by atoms with E-state index in [9.17, 15) is 10.1 Å². The second kappa shape index (κ2) is 8.39.